The molecule has 0 unspecified atom stereocenters. The molecule has 1 heterocycles. The Morgan fingerprint density at radius 2 is 1.77 bits per heavy atom. The predicted octanol–water partition coefficient (Wildman–Crippen LogP) is 4.40. The van der Waals surface area contributed by atoms with Crippen molar-refractivity contribution in [3.63, 3.8) is 0 Å². The molecule has 0 aliphatic carbocycles. The van der Waals surface area contributed by atoms with Gasteiger partial charge in [-0.3, -0.25) is 9.69 Å². The van der Waals surface area contributed by atoms with E-state index < -0.39 is 0 Å². The number of nitrogens with one attached hydrogen (secondary N) is 1. The lowest BCUT2D eigenvalue weighted by Crippen LogP contribution is -2.63. The summed E-state index contributed by atoms with van der Waals surface area (Å²) in [7, 11) is 3.17. The monoisotopic (exact) mass is 425 g/mol. The molecule has 1 aliphatic rings. The average Bonchev–Trinajstić information content (AvgIpc) is 2.70. The van der Waals surface area contributed by atoms with Crippen LogP contribution < -0.4 is 19.7 Å². The minimum Gasteiger partial charge on any atom is -0.496 e. The first-order valence-electron chi connectivity index (χ1n) is 10.4. The van der Waals surface area contributed by atoms with Gasteiger partial charge in [0.25, 0.3) is 0 Å². The van der Waals surface area contributed by atoms with Gasteiger partial charge in [0.2, 0.25) is 5.91 Å². The van der Waals surface area contributed by atoms with Crippen molar-refractivity contribution in [3.05, 3.63) is 47.5 Å². The zero-order valence-electron chi connectivity index (χ0n) is 19.1. The predicted molar refractivity (Wildman–Crippen MR) is 122 cm³/mol. The highest BCUT2D eigenvalue weighted by Gasteiger charge is 2.38. The molecule has 2 aromatic carbocycles. The first-order valence-corrected chi connectivity index (χ1v) is 10.4. The van der Waals surface area contributed by atoms with Gasteiger partial charge in [-0.25, -0.2) is 4.79 Å². The van der Waals surface area contributed by atoms with Crippen molar-refractivity contribution in [2.24, 2.45) is 0 Å². The van der Waals surface area contributed by atoms with Crippen LogP contribution in [0.1, 0.15) is 37.8 Å². The fourth-order valence-electron chi connectivity index (χ4n) is 3.97. The number of nitrogens with zero attached hydrogens (tertiary/aromatic N) is 2. The van der Waals surface area contributed by atoms with Crippen LogP contribution in [0.2, 0.25) is 0 Å². The quantitative estimate of drug-likeness (QED) is 0.744. The SMILES string of the molecule is COc1ccc(NC(=O)N(c2ccccc2C(C)C)C2CN(C(C)=O)C2)c(OC)c1C. The number of para-hydroxylation sites is 1. The fourth-order valence-corrected chi connectivity index (χ4v) is 3.97. The molecular weight excluding hydrogens is 394 g/mol. The van der Waals surface area contributed by atoms with Gasteiger partial charge in [0.05, 0.1) is 25.9 Å². The lowest BCUT2D eigenvalue weighted by molar-refractivity contribution is -0.132. The summed E-state index contributed by atoms with van der Waals surface area (Å²) in [5.74, 6) is 1.51. The van der Waals surface area contributed by atoms with Crippen LogP contribution in [0.4, 0.5) is 16.2 Å². The summed E-state index contributed by atoms with van der Waals surface area (Å²) in [6.45, 7) is 8.66. The van der Waals surface area contributed by atoms with Crippen LogP contribution in [0.25, 0.3) is 0 Å². The van der Waals surface area contributed by atoms with Crippen molar-refractivity contribution >= 4 is 23.3 Å². The Kier molecular flexibility index (Phi) is 6.73. The lowest BCUT2D eigenvalue weighted by atomic mass is 9.98. The van der Waals surface area contributed by atoms with Crippen molar-refractivity contribution in [1.29, 1.82) is 0 Å². The van der Waals surface area contributed by atoms with Crippen LogP contribution in [-0.2, 0) is 4.79 Å². The van der Waals surface area contributed by atoms with Crippen LogP contribution in [0.5, 0.6) is 11.5 Å². The molecule has 0 radical (unpaired) electrons. The Morgan fingerprint density at radius 1 is 1.10 bits per heavy atom. The van der Waals surface area contributed by atoms with Crippen LogP contribution in [0.15, 0.2) is 36.4 Å². The van der Waals surface area contributed by atoms with E-state index >= 15 is 0 Å². The zero-order chi connectivity index (χ0) is 22.7. The van der Waals surface area contributed by atoms with Gasteiger partial charge in [-0.05, 0) is 36.6 Å². The van der Waals surface area contributed by atoms with Gasteiger partial charge in [0, 0.05) is 31.3 Å². The van der Waals surface area contributed by atoms with Crippen molar-refractivity contribution in [1.82, 2.24) is 4.90 Å². The number of hydrogen-bond donors (Lipinski definition) is 1. The summed E-state index contributed by atoms with van der Waals surface area (Å²) in [5.41, 5.74) is 3.31. The highest BCUT2D eigenvalue weighted by atomic mass is 16.5. The van der Waals surface area contributed by atoms with E-state index in [-0.39, 0.29) is 23.9 Å². The molecule has 0 bridgehead atoms. The maximum Gasteiger partial charge on any atom is 0.326 e. The Balaban J connectivity index is 1.97. The molecular formula is C24H31N3O4. The number of methoxy groups -OCH3 is 2. The Morgan fingerprint density at radius 3 is 2.35 bits per heavy atom. The number of carbonyl (C=O) groups is 2. The molecule has 31 heavy (non-hydrogen) atoms. The largest absolute Gasteiger partial charge is 0.496 e. The van der Waals surface area contributed by atoms with Crippen LogP contribution in [-0.4, -0.2) is 50.2 Å². The molecule has 3 amide bonds. The van der Waals surface area contributed by atoms with Crippen molar-refractivity contribution in [3.8, 4) is 11.5 Å². The van der Waals surface area contributed by atoms with Gasteiger partial charge >= 0.3 is 6.03 Å². The minimum atomic E-state index is -0.260. The van der Waals surface area contributed by atoms with Gasteiger partial charge in [-0.15, -0.1) is 0 Å². The number of urea groups is 1. The third-order valence-electron chi connectivity index (χ3n) is 5.73. The molecule has 1 fully saturated rings. The molecule has 2 aromatic rings. The lowest BCUT2D eigenvalue weighted by Gasteiger charge is -2.45. The highest BCUT2D eigenvalue weighted by Crippen LogP contribution is 2.36. The minimum absolute atomic E-state index is 0.0150. The Bertz CT molecular complexity index is 967. The normalized spacial score (nSPS) is 13.6. The smallest absolute Gasteiger partial charge is 0.326 e. The molecule has 0 saturated carbocycles. The van der Waals surface area contributed by atoms with Crippen LogP contribution in [0, 0.1) is 6.92 Å². The van der Waals surface area contributed by atoms with E-state index in [9.17, 15) is 9.59 Å². The zero-order valence-corrected chi connectivity index (χ0v) is 19.1. The molecule has 0 atom stereocenters. The summed E-state index contributed by atoms with van der Waals surface area (Å²) < 4.78 is 10.9. The van der Waals surface area contributed by atoms with Crippen molar-refractivity contribution in [2.75, 3.05) is 37.5 Å². The maximum atomic E-state index is 13.6. The topological polar surface area (TPSA) is 71.1 Å². The van der Waals surface area contributed by atoms with Crippen molar-refractivity contribution < 1.29 is 19.1 Å². The van der Waals surface area contributed by atoms with Gasteiger partial charge in [0.15, 0.2) is 0 Å². The number of benzene rings is 2. The molecule has 1 saturated heterocycles. The maximum absolute atomic E-state index is 13.6. The molecule has 0 spiro atoms. The van der Waals surface area contributed by atoms with Gasteiger partial charge < -0.3 is 19.7 Å². The molecule has 7 heteroatoms. The van der Waals surface area contributed by atoms with E-state index in [1.54, 1.807) is 43.1 Å². The molecule has 7 nitrogen and oxygen atoms in total. The number of likely N-dealkylation sites (tertiary alicyclic amines) is 1. The highest BCUT2D eigenvalue weighted by molar-refractivity contribution is 6.04. The van der Waals surface area contributed by atoms with E-state index in [0.29, 0.717) is 30.3 Å². The first-order chi connectivity index (χ1) is 14.8. The summed E-state index contributed by atoms with van der Waals surface area (Å²) >= 11 is 0. The standard InChI is InChI=1S/C24H31N3O4/c1-15(2)19-9-7-8-10-21(19)27(18-13-26(14-18)17(4)28)24(29)25-20-11-12-22(30-5)16(3)23(20)31-6/h7-12,15,18H,13-14H2,1-6H3,(H,25,29). The van der Waals surface area contributed by atoms with E-state index in [1.807, 2.05) is 31.2 Å². The Hall–Kier alpha value is -3.22. The second kappa shape index (κ2) is 9.29. The third-order valence-corrected chi connectivity index (χ3v) is 5.73. The molecule has 0 aromatic heterocycles. The molecule has 3 rings (SSSR count). The number of amides is 3. The molecule has 1 N–H and O–H groups in total. The van der Waals surface area contributed by atoms with E-state index in [2.05, 4.69) is 19.2 Å². The number of anilines is 2. The second-order valence-corrected chi connectivity index (χ2v) is 8.07. The summed E-state index contributed by atoms with van der Waals surface area (Å²) in [5, 5.41) is 3.01. The Labute approximate surface area is 183 Å². The third kappa shape index (κ3) is 4.45. The van der Waals surface area contributed by atoms with Gasteiger partial charge in [-0.2, -0.15) is 0 Å². The van der Waals surface area contributed by atoms with E-state index in [0.717, 1.165) is 16.8 Å². The van der Waals surface area contributed by atoms with Gasteiger partial charge in [-0.1, -0.05) is 32.0 Å². The summed E-state index contributed by atoms with van der Waals surface area (Å²) in [4.78, 5) is 28.8. The van der Waals surface area contributed by atoms with Gasteiger partial charge in [0.1, 0.15) is 11.5 Å². The number of carbonyl (C=O) groups excluding carboxylic acids is 2. The molecule has 1 aliphatic heterocycles. The van der Waals surface area contributed by atoms with Crippen molar-refractivity contribution in [2.45, 2.75) is 39.7 Å². The fraction of sp³-hybridized carbons (Fsp3) is 0.417. The van der Waals surface area contributed by atoms with E-state index in [4.69, 9.17) is 9.47 Å². The van der Waals surface area contributed by atoms with E-state index in [1.165, 1.54) is 0 Å². The summed E-state index contributed by atoms with van der Waals surface area (Å²) in [6, 6.07) is 11.1. The first kappa shape index (κ1) is 22.5. The average molecular weight is 426 g/mol. The van der Waals surface area contributed by atoms with Crippen LogP contribution >= 0.6 is 0 Å². The second-order valence-electron chi connectivity index (χ2n) is 8.07. The summed E-state index contributed by atoms with van der Waals surface area (Å²) in [6.07, 6.45) is 0. The number of hydrogen-bond acceptors (Lipinski definition) is 4. The molecule has 166 valence electrons. The number of ether oxygens (including phenoxy) is 2. The van der Waals surface area contributed by atoms with Crippen LogP contribution in [0.3, 0.4) is 0 Å². The number of rotatable bonds is 6.